The van der Waals surface area contributed by atoms with Crippen LogP contribution in [0.5, 0.6) is 5.75 Å². The number of rotatable bonds is 12. The van der Waals surface area contributed by atoms with Crippen LogP contribution in [0.4, 0.5) is 0 Å². The molecule has 0 spiro atoms. The van der Waals surface area contributed by atoms with Gasteiger partial charge in [-0.3, -0.25) is 0 Å². The van der Waals surface area contributed by atoms with E-state index in [4.69, 9.17) is 28.4 Å². The molecule has 0 saturated carbocycles. The number of ether oxygens (including phenoxy) is 6. The molecule has 1 heterocycles. The number of methoxy groups -OCH3 is 2. The van der Waals surface area contributed by atoms with Gasteiger partial charge in [0, 0.05) is 21.8 Å². The molecule has 1 aromatic carbocycles. The molecular formula is C21H34O6Si. The van der Waals surface area contributed by atoms with Crippen LogP contribution in [0.1, 0.15) is 5.56 Å². The van der Waals surface area contributed by atoms with E-state index in [0.717, 1.165) is 17.4 Å². The largest absolute Gasteiger partial charge is 0.497 e. The van der Waals surface area contributed by atoms with Crippen molar-refractivity contribution in [1.29, 1.82) is 0 Å². The molecule has 28 heavy (non-hydrogen) atoms. The molecule has 1 saturated heterocycles. The van der Waals surface area contributed by atoms with Crippen LogP contribution in [0.3, 0.4) is 0 Å². The van der Waals surface area contributed by atoms with E-state index >= 15 is 0 Å². The van der Waals surface area contributed by atoms with Gasteiger partial charge in [-0.15, -0.1) is 6.58 Å². The van der Waals surface area contributed by atoms with Gasteiger partial charge in [0.05, 0.1) is 13.7 Å². The molecule has 4 atom stereocenters. The van der Waals surface area contributed by atoms with Gasteiger partial charge in [-0.2, -0.15) is 0 Å². The Morgan fingerprint density at radius 2 is 1.79 bits per heavy atom. The Morgan fingerprint density at radius 3 is 2.36 bits per heavy atom. The van der Waals surface area contributed by atoms with Crippen LogP contribution in [0.15, 0.2) is 36.9 Å². The van der Waals surface area contributed by atoms with E-state index in [-0.39, 0.29) is 19.0 Å². The maximum absolute atomic E-state index is 6.13. The Balaban J connectivity index is 1.91. The zero-order valence-corrected chi connectivity index (χ0v) is 18.7. The van der Waals surface area contributed by atoms with E-state index in [1.807, 2.05) is 24.3 Å². The van der Waals surface area contributed by atoms with Crippen LogP contribution in [-0.2, 0) is 30.3 Å². The first-order valence-electron chi connectivity index (χ1n) is 9.62. The highest BCUT2D eigenvalue weighted by Gasteiger charge is 2.45. The number of hydrogen-bond acceptors (Lipinski definition) is 6. The van der Waals surface area contributed by atoms with Crippen molar-refractivity contribution >= 4 is 8.07 Å². The van der Waals surface area contributed by atoms with Gasteiger partial charge in [-0.05, 0) is 23.7 Å². The van der Waals surface area contributed by atoms with Crippen molar-refractivity contribution in [2.24, 2.45) is 0 Å². The first-order valence-corrected chi connectivity index (χ1v) is 13.3. The Bertz CT molecular complexity index is 586. The lowest BCUT2D eigenvalue weighted by atomic mass is 10.1. The van der Waals surface area contributed by atoms with Crippen LogP contribution in [0.25, 0.3) is 0 Å². The van der Waals surface area contributed by atoms with E-state index < -0.39 is 20.5 Å². The van der Waals surface area contributed by atoms with Crippen LogP contribution in [0.2, 0.25) is 25.7 Å². The molecular weight excluding hydrogens is 376 g/mol. The first-order chi connectivity index (χ1) is 13.4. The van der Waals surface area contributed by atoms with Gasteiger partial charge in [-0.25, -0.2) is 0 Å². The fraction of sp³-hybridized carbons (Fsp3) is 0.619. The SMILES string of the molecule is C=C[C@H]1OC(OC)[C@H](OCOCC[Si](C)(C)C)[C@H]1OCc1ccc(OC)cc1. The maximum Gasteiger partial charge on any atom is 0.186 e. The molecule has 7 heteroatoms. The summed E-state index contributed by atoms with van der Waals surface area (Å²) in [5.74, 6) is 0.813. The molecule has 1 aliphatic heterocycles. The van der Waals surface area contributed by atoms with Crippen LogP contribution in [-0.4, -0.2) is 60.3 Å². The quantitative estimate of drug-likeness (QED) is 0.226. The van der Waals surface area contributed by atoms with Crippen molar-refractivity contribution in [3.05, 3.63) is 42.5 Å². The summed E-state index contributed by atoms with van der Waals surface area (Å²) in [7, 11) is 2.12. The average molecular weight is 411 g/mol. The van der Waals surface area contributed by atoms with Crippen molar-refractivity contribution in [3.63, 3.8) is 0 Å². The van der Waals surface area contributed by atoms with E-state index in [9.17, 15) is 0 Å². The molecule has 0 radical (unpaired) electrons. The molecule has 1 aromatic rings. The summed E-state index contributed by atoms with van der Waals surface area (Å²) < 4.78 is 34.2. The van der Waals surface area contributed by atoms with Crippen LogP contribution in [0, 0.1) is 0 Å². The topological polar surface area (TPSA) is 55.4 Å². The predicted molar refractivity (Wildman–Crippen MR) is 111 cm³/mol. The molecule has 0 bridgehead atoms. The summed E-state index contributed by atoms with van der Waals surface area (Å²) in [5, 5.41) is 0. The molecule has 1 aliphatic rings. The molecule has 0 aliphatic carbocycles. The minimum absolute atomic E-state index is 0.185. The van der Waals surface area contributed by atoms with Gasteiger partial charge in [0.25, 0.3) is 0 Å². The fourth-order valence-electron chi connectivity index (χ4n) is 2.87. The number of benzene rings is 1. The molecule has 2 rings (SSSR count). The van der Waals surface area contributed by atoms with Gasteiger partial charge in [0.1, 0.15) is 30.9 Å². The molecule has 0 aromatic heterocycles. The zero-order chi connectivity index (χ0) is 20.6. The van der Waals surface area contributed by atoms with Crippen molar-refractivity contribution in [3.8, 4) is 5.75 Å². The lowest BCUT2D eigenvalue weighted by Crippen LogP contribution is -2.38. The second-order valence-corrected chi connectivity index (χ2v) is 13.7. The summed E-state index contributed by atoms with van der Waals surface area (Å²) in [4.78, 5) is 0. The summed E-state index contributed by atoms with van der Waals surface area (Å²) in [6, 6.07) is 8.86. The van der Waals surface area contributed by atoms with Crippen molar-refractivity contribution < 1.29 is 28.4 Å². The first kappa shape index (κ1) is 23.1. The molecule has 1 unspecified atom stereocenters. The second-order valence-electron chi connectivity index (χ2n) is 8.03. The summed E-state index contributed by atoms with van der Waals surface area (Å²) in [5.41, 5.74) is 1.04. The van der Waals surface area contributed by atoms with E-state index in [2.05, 4.69) is 26.2 Å². The van der Waals surface area contributed by atoms with Crippen molar-refractivity contribution in [2.75, 3.05) is 27.6 Å². The second kappa shape index (κ2) is 11.1. The fourth-order valence-corrected chi connectivity index (χ4v) is 3.63. The predicted octanol–water partition coefficient (Wildman–Crippen LogP) is 3.84. The minimum atomic E-state index is -1.12. The molecule has 0 N–H and O–H groups in total. The molecule has 6 nitrogen and oxygen atoms in total. The normalized spacial score (nSPS) is 25.0. The Labute approximate surface area is 169 Å². The zero-order valence-electron chi connectivity index (χ0n) is 17.7. The van der Waals surface area contributed by atoms with Crippen LogP contribution < -0.4 is 4.74 Å². The summed E-state index contributed by atoms with van der Waals surface area (Å²) >= 11 is 0. The third kappa shape index (κ3) is 6.99. The van der Waals surface area contributed by atoms with Crippen LogP contribution >= 0.6 is 0 Å². The number of hydrogen-bond donors (Lipinski definition) is 0. The average Bonchev–Trinajstić information content (AvgIpc) is 3.02. The van der Waals surface area contributed by atoms with Gasteiger partial charge in [0.15, 0.2) is 6.29 Å². The van der Waals surface area contributed by atoms with E-state index in [1.165, 1.54) is 0 Å². The van der Waals surface area contributed by atoms with Crippen molar-refractivity contribution in [2.45, 2.75) is 56.9 Å². The lowest BCUT2D eigenvalue weighted by Gasteiger charge is -2.24. The molecule has 0 amide bonds. The van der Waals surface area contributed by atoms with E-state index in [1.54, 1.807) is 20.3 Å². The third-order valence-corrected chi connectivity index (χ3v) is 6.32. The minimum Gasteiger partial charge on any atom is -0.497 e. The van der Waals surface area contributed by atoms with Gasteiger partial charge in [-0.1, -0.05) is 37.8 Å². The highest BCUT2D eigenvalue weighted by atomic mass is 28.3. The third-order valence-electron chi connectivity index (χ3n) is 4.61. The van der Waals surface area contributed by atoms with Crippen molar-refractivity contribution in [1.82, 2.24) is 0 Å². The van der Waals surface area contributed by atoms with Gasteiger partial charge < -0.3 is 28.4 Å². The standard InChI is InChI=1S/C21H34O6Si/c1-7-18-19(25-14-16-8-10-17(22-2)11-9-16)20(21(23-3)27-18)26-15-24-12-13-28(4,5)6/h7-11,18-21H,1,12-15H2,2-6H3/t18-,19+,20-,21?/m1/s1. The van der Waals surface area contributed by atoms with E-state index in [0.29, 0.717) is 13.2 Å². The summed E-state index contributed by atoms with van der Waals surface area (Å²) in [6.45, 7) is 12.1. The lowest BCUT2D eigenvalue weighted by molar-refractivity contribution is -0.190. The maximum atomic E-state index is 6.13. The Morgan fingerprint density at radius 1 is 1.07 bits per heavy atom. The summed E-state index contributed by atoms with van der Waals surface area (Å²) in [6.07, 6.45) is 0.169. The smallest absolute Gasteiger partial charge is 0.186 e. The highest BCUT2D eigenvalue weighted by molar-refractivity contribution is 6.76. The molecule has 1 fully saturated rings. The Hall–Kier alpha value is -1.22. The molecule has 158 valence electrons. The highest BCUT2D eigenvalue weighted by Crippen LogP contribution is 2.29. The van der Waals surface area contributed by atoms with Gasteiger partial charge >= 0.3 is 0 Å². The monoisotopic (exact) mass is 410 g/mol. The van der Waals surface area contributed by atoms with Gasteiger partial charge in [0.2, 0.25) is 0 Å². The Kier molecular flexibility index (Phi) is 9.13.